The Labute approximate surface area is 122 Å². The molecule has 8 heteroatoms. The van der Waals surface area contributed by atoms with E-state index >= 15 is 0 Å². The highest BCUT2D eigenvalue weighted by Gasteiger charge is 2.23. The molecule has 1 aromatic heterocycles. The predicted octanol–water partition coefficient (Wildman–Crippen LogP) is -0.150. The third-order valence-electron chi connectivity index (χ3n) is 3.54. The molecule has 1 saturated heterocycles. The van der Waals surface area contributed by atoms with Gasteiger partial charge in [0.25, 0.3) is 0 Å². The molecule has 1 aliphatic rings. The molecule has 2 heterocycles. The van der Waals surface area contributed by atoms with Crippen LogP contribution in [0.15, 0.2) is 11.4 Å². The Kier molecular flexibility index (Phi) is 5.38. The molecule has 7 nitrogen and oxygen atoms in total. The van der Waals surface area contributed by atoms with Crippen molar-refractivity contribution >= 4 is 17.6 Å². The maximum Gasteiger partial charge on any atom is 0.395 e. The van der Waals surface area contributed by atoms with Gasteiger partial charge in [-0.3, -0.25) is 0 Å². The molecule has 20 heavy (non-hydrogen) atoms. The number of aryl methyl sites for hydroxylation is 1. The molecule has 0 aliphatic carbocycles. The molecule has 2 rings (SSSR count). The van der Waals surface area contributed by atoms with E-state index in [1.54, 1.807) is 11.6 Å². The van der Waals surface area contributed by atoms with Crippen molar-refractivity contribution in [3.05, 3.63) is 16.4 Å². The molecular formula is C12H21N4O3S+. The quantitative estimate of drug-likeness (QED) is 0.433. The number of aliphatic hydroxyl groups excluding tert-OH is 1. The molecule has 112 valence electrons. The average molecular weight is 301 g/mol. The van der Waals surface area contributed by atoms with Crippen molar-refractivity contribution in [3.8, 4) is 0 Å². The van der Waals surface area contributed by atoms with Gasteiger partial charge < -0.3 is 24.7 Å². The summed E-state index contributed by atoms with van der Waals surface area (Å²) >= 11 is 1.30. The lowest BCUT2D eigenvalue weighted by Crippen LogP contribution is -3.13. The van der Waals surface area contributed by atoms with Crippen LogP contribution in [0.1, 0.15) is 19.3 Å². The molecule has 0 amide bonds. The van der Waals surface area contributed by atoms with Gasteiger partial charge in [0.15, 0.2) is 5.03 Å². The number of aromatic nitrogens is 2. The van der Waals surface area contributed by atoms with Gasteiger partial charge in [-0.25, -0.2) is 0 Å². The lowest BCUT2D eigenvalue weighted by Gasteiger charge is -2.25. The second-order valence-corrected chi connectivity index (χ2v) is 6.23. The van der Waals surface area contributed by atoms with Crippen molar-refractivity contribution in [3.63, 3.8) is 0 Å². The fourth-order valence-corrected chi connectivity index (χ4v) is 3.50. The van der Waals surface area contributed by atoms with Crippen LogP contribution in [0.4, 0.5) is 5.82 Å². The average Bonchev–Trinajstić information content (AvgIpc) is 2.79. The van der Waals surface area contributed by atoms with Crippen molar-refractivity contribution in [1.82, 2.24) is 9.55 Å². The van der Waals surface area contributed by atoms with E-state index in [0.717, 1.165) is 19.6 Å². The van der Waals surface area contributed by atoms with Crippen molar-refractivity contribution in [2.24, 2.45) is 7.05 Å². The number of imidazole rings is 1. The minimum atomic E-state index is -0.482. The number of thioether (sulfide) groups is 1. The maximum atomic E-state index is 10.8. The standard InChI is InChI=1S/C12H20N4O3S/c1-14-9-13-11(16(18)19)12(14)20-8-10(17)7-15-5-3-2-4-6-15/h9-10,17H,2-8H2,1H3/p+1/t10-/m0/s1. The lowest BCUT2D eigenvalue weighted by atomic mass is 10.1. The first-order valence-electron chi connectivity index (χ1n) is 6.88. The van der Waals surface area contributed by atoms with Gasteiger partial charge in [0.2, 0.25) is 6.33 Å². The van der Waals surface area contributed by atoms with Gasteiger partial charge in [0.1, 0.15) is 12.6 Å². The van der Waals surface area contributed by atoms with Crippen LogP contribution >= 0.6 is 11.8 Å². The summed E-state index contributed by atoms with van der Waals surface area (Å²) in [6.07, 6.45) is 4.73. The molecule has 1 fully saturated rings. The second kappa shape index (κ2) is 7.05. The van der Waals surface area contributed by atoms with Gasteiger partial charge in [0.05, 0.1) is 13.1 Å². The van der Waals surface area contributed by atoms with Gasteiger partial charge in [0, 0.05) is 12.8 Å². The summed E-state index contributed by atoms with van der Waals surface area (Å²) in [5.41, 5.74) is 0. The van der Waals surface area contributed by atoms with Crippen LogP contribution in [0.3, 0.4) is 0 Å². The van der Waals surface area contributed by atoms with E-state index in [4.69, 9.17) is 0 Å². The van der Waals surface area contributed by atoms with Crippen LogP contribution in [0.25, 0.3) is 0 Å². The molecule has 1 aliphatic heterocycles. The summed E-state index contributed by atoms with van der Waals surface area (Å²) in [7, 11) is 1.73. The summed E-state index contributed by atoms with van der Waals surface area (Å²) in [5, 5.41) is 21.4. The van der Waals surface area contributed by atoms with E-state index in [1.165, 1.54) is 42.3 Å². The zero-order valence-electron chi connectivity index (χ0n) is 11.6. The highest BCUT2D eigenvalue weighted by atomic mass is 32.2. The number of likely N-dealkylation sites (tertiary alicyclic amines) is 1. The van der Waals surface area contributed by atoms with Crippen molar-refractivity contribution in [2.45, 2.75) is 30.4 Å². The normalized spacial score (nSPS) is 18.1. The SMILES string of the molecule is Cn1cnc([N+](=O)[O-])c1SC[C@@H](O)C[NH+]1CCCCC1. The number of nitro groups is 1. The largest absolute Gasteiger partial charge is 0.395 e. The third-order valence-corrected chi connectivity index (χ3v) is 4.83. The van der Waals surface area contributed by atoms with Crippen LogP contribution in [0, 0.1) is 10.1 Å². The topological polar surface area (TPSA) is 85.6 Å². The molecule has 2 N–H and O–H groups in total. The molecular weight excluding hydrogens is 280 g/mol. The summed E-state index contributed by atoms with van der Waals surface area (Å²) in [5.74, 6) is 0.333. The zero-order valence-corrected chi connectivity index (χ0v) is 12.4. The molecule has 0 unspecified atom stereocenters. The van der Waals surface area contributed by atoms with Gasteiger partial charge in [-0.15, -0.1) is 0 Å². The number of quaternary nitrogens is 1. The van der Waals surface area contributed by atoms with Gasteiger partial charge in [-0.2, -0.15) is 0 Å². The van der Waals surface area contributed by atoms with Crippen molar-refractivity contribution in [1.29, 1.82) is 0 Å². The first-order valence-corrected chi connectivity index (χ1v) is 7.86. The van der Waals surface area contributed by atoms with Crippen molar-refractivity contribution in [2.75, 3.05) is 25.4 Å². The molecule has 0 radical (unpaired) electrons. The summed E-state index contributed by atoms with van der Waals surface area (Å²) in [6, 6.07) is 0. The molecule has 0 spiro atoms. The number of rotatable bonds is 6. The number of aliphatic hydroxyl groups is 1. The lowest BCUT2D eigenvalue weighted by molar-refractivity contribution is -0.907. The predicted molar refractivity (Wildman–Crippen MR) is 76.0 cm³/mol. The van der Waals surface area contributed by atoms with E-state index in [2.05, 4.69) is 4.98 Å². The van der Waals surface area contributed by atoms with E-state index in [-0.39, 0.29) is 5.82 Å². The van der Waals surface area contributed by atoms with E-state index in [1.807, 2.05) is 0 Å². The van der Waals surface area contributed by atoms with E-state index < -0.39 is 11.0 Å². The van der Waals surface area contributed by atoms with Gasteiger partial charge in [-0.1, -0.05) is 11.8 Å². The number of hydrogen-bond donors (Lipinski definition) is 2. The Morgan fingerprint density at radius 1 is 1.55 bits per heavy atom. The highest BCUT2D eigenvalue weighted by Crippen LogP contribution is 2.27. The third kappa shape index (κ3) is 3.94. The molecule has 0 saturated carbocycles. The van der Waals surface area contributed by atoms with Crippen LogP contribution in [0.5, 0.6) is 0 Å². The molecule has 0 bridgehead atoms. The number of hydrogen-bond acceptors (Lipinski definition) is 5. The van der Waals surface area contributed by atoms with E-state index in [9.17, 15) is 15.2 Å². The van der Waals surface area contributed by atoms with Crippen LogP contribution in [-0.2, 0) is 7.05 Å². The summed E-state index contributed by atoms with van der Waals surface area (Å²) < 4.78 is 1.63. The Morgan fingerprint density at radius 3 is 2.90 bits per heavy atom. The number of nitrogens with zero attached hydrogens (tertiary/aromatic N) is 3. The Hall–Kier alpha value is -1.12. The molecule has 0 aromatic carbocycles. The minimum absolute atomic E-state index is 0.130. The highest BCUT2D eigenvalue weighted by molar-refractivity contribution is 7.99. The van der Waals surface area contributed by atoms with Gasteiger partial charge >= 0.3 is 5.82 Å². The maximum absolute atomic E-state index is 10.8. The van der Waals surface area contributed by atoms with Crippen LogP contribution in [-0.4, -0.2) is 51.1 Å². The smallest absolute Gasteiger partial charge is 0.386 e. The van der Waals surface area contributed by atoms with Crippen LogP contribution in [0.2, 0.25) is 0 Å². The minimum Gasteiger partial charge on any atom is -0.386 e. The van der Waals surface area contributed by atoms with Crippen LogP contribution < -0.4 is 4.90 Å². The summed E-state index contributed by atoms with van der Waals surface area (Å²) in [6.45, 7) is 2.96. The van der Waals surface area contributed by atoms with Gasteiger partial charge in [-0.05, 0) is 29.2 Å². The van der Waals surface area contributed by atoms with E-state index in [0.29, 0.717) is 10.8 Å². The zero-order chi connectivity index (χ0) is 14.5. The fourth-order valence-electron chi connectivity index (χ4n) is 2.52. The first kappa shape index (κ1) is 15.3. The fraction of sp³-hybridized carbons (Fsp3) is 0.750. The monoisotopic (exact) mass is 301 g/mol. The molecule has 1 aromatic rings. The summed E-state index contributed by atoms with van der Waals surface area (Å²) in [4.78, 5) is 15.6. The Bertz CT molecular complexity index is 460. The Morgan fingerprint density at radius 2 is 2.25 bits per heavy atom. The second-order valence-electron chi connectivity index (χ2n) is 5.22. The Balaban J connectivity index is 1.85. The number of nitrogens with one attached hydrogen (secondary N) is 1. The molecule has 1 atom stereocenters. The van der Waals surface area contributed by atoms with Crippen molar-refractivity contribution < 1.29 is 14.9 Å². The first-order chi connectivity index (χ1) is 9.58. The number of piperidine rings is 1.